The Morgan fingerprint density at radius 1 is 0.289 bits per heavy atom. The minimum Gasteiger partial charge on any atom is -0.455 e. The Morgan fingerprint density at radius 3 is 1.21 bits per heavy atom. The van der Waals surface area contributed by atoms with Gasteiger partial charge in [-0.05, 0) is 154 Å². The van der Waals surface area contributed by atoms with Crippen LogP contribution in [0.5, 0.6) is 0 Å². The minimum absolute atomic E-state index is 0.233. The SMILES string of the molecule is CC1(C)c2cc(-c3ccccc3)ccc2-c2ccc(N(c3ccc(-c4cc5ccccc5c5c4oc4ccc6ccccc6c45)cc3)c3ccc(-c4cc5ccccc5c5c4oc4ccc6ccccc6c45)cc3)cc21. The van der Waals surface area contributed by atoms with Crippen molar-refractivity contribution in [3.63, 3.8) is 0 Å². The van der Waals surface area contributed by atoms with Crippen LogP contribution in [0.15, 0.2) is 258 Å². The van der Waals surface area contributed by atoms with Crippen LogP contribution >= 0.6 is 0 Å². The zero-order chi connectivity index (χ0) is 50.2. The maximum Gasteiger partial charge on any atom is 0.143 e. The van der Waals surface area contributed by atoms with E-state index in [9.17, 15) is 0 Å². The van der Waals surface area contributed by atoms with Gasteiger partial charge in [0.25, 0.3) is 0 Å². The van der Waals surface area contributed by atoms with Gasteiger partial charge in [0.05, 0.1) is 0 Å². The maximum atomic E-state index is 6.91. The van der Waals surface area contributed by atoms with Crippen molar-refractivity contribution in [1.82, 2.24) is 0 Å². The van der Waals surface area contributed by atoms with Gasteiger partial charge in [-0.1, -0.05) is 196 Å². The Hall–Kier alpha value is -9.70. The van der Waals surface area contributed by atoms with Crippen molar-refractivity contribution in [2.24, 2.45) is 0 Å². The Balaban J connectivity index is 0.858. The van der Waals surface area contributed by atoms with Gasteiger partial charge in [0.1, 0.15) is 22.3 Å². The van der Waals surface area contributed by atoms with Crippen molar-refractivity contribution in [3.05, 3.63) is 260 Å². The molecule has 1 aliphatic carbocycles. The molecule has 0 amide bonds. The van der Waals surface area contributed by atoms with E-state index >= 15 is 0 Å². The van der Waals surface area contributed by atoms with Gasteiger partial charge in [0.15, 0.2) is 0 Å². The fourth-order valence-electron chi connectivity index (χ4n) is 12.9. The second-order valence-electron chi connectivity index (χ2n) is 21.1. The largest absolute Gasteiger partial charge is 0.455 e. The van der Waals surface area contributed by atoms with E-state index in [1.165, 1.54) is 76.5 Å². The predicted octanol–water partition coefficient (Wildman–Crippen LogP) is 20.9. The van der Waals surface area contributed by atoms with Crippen LogP contribution in [0, 0.1) is 0 Å². The molecule has 0 saturated carbocycles. The van der Waals surface area contributed by atoms with Gasteiger partial charge in [0, 0.05) is 55.1 Å². The third-order valence-electron chi connectivity index (χ3n) is 16.6. The molecule has 356 valence electrons. The molecule has 2 heterocycles. The highest BCUT2D eigenvalue weighted by Crippen LogP contribution is 2.53. The lowest BCUT2D eigenvalue weighted by Crippen LogP contribution is -2.16. The van der Waals surface area contributed by atoms with Gasteiger partial charge < -0.3 is 13.7 Å². The lowest BCUT2D eigenvalue weighted by Gasteiger charge is -2.28. The fraction of sp³-hybridized carbons (Fsp3) is 0.0411. The first kappa shape index (κ1) is 42.8. The second-order valence-corrected chi connectivity index (χ2v) is 21.1. The van der Waals surface area contributed by atoms with Gasteiger partial charge in [-0.25, -0.2) is 0 Å². The van der Waals surface area contributed by atoms with Crippen LogP contribution in [0.3, 0.4) is 0 Å². The molecular formula is C73H47NO2. The summed E-state index contributed by atoms with van der Waals surface area (Å²) in [5, 5.41) is 14.2. The van der Waals surface area contributed by atoms with Crippen LogP contribution in [0.2, 0.25) is 0 Å². The van der Waals surface area contributed by atoms with Crippen LogP contribution in [0.1, 0.15) is 25.0 Å². The summed E-state index contributed by atoms with van der Waals surface area (Å²) < 4.78 is 13.8. The molecule has 16 rings (SSSR count). The molecule has 76 heavy (non-hydrogen) atoms. The number of nitrogens with zero attached hydrogens (tertiary/aromatic N) is 1. The van der Waals surface area contributed by atoms with E-state index in [2.05, 4.69) is 267 Å². The molecule has 3 nitrogen and oxygen atoms in total. The van der Waals surface area contributed by atoms with E-state index in [1.54, 1.807) is 0 Å². The number of hydrogen-bond acceptors (Lipinski definition) is 3. The van der Waals surface area contributed by atoms with Crippen LogP contribution in [-0.2, 0) is 5.41 Å². The van der Waals surface area contributed by atoms with Crippen molar-refractivity contribution >= 4 is 104 Å². The molecule has 0 atom stereocenters. The Labute approximate surface area is 439 Å². The third-order valence-corrected chi connectivity index (χ3v) is 16.6. The van der Waals surface area contributed by atoms with Gasteiger partial charge >= 0.3 is 0 Å². The lowest BCUT2D eigenvalue weighted by atomic mass is 9.81. The number of benzene rings is 13. The zero-order valence-electron chi connectivity index (χ0n) is 41.9. The first-order valence-electron chi connectivity index (χ1n) is 26.3. The molecule has 0 radical (unpaired) electrons. The number of hydrogen-bond donors (Lipinski definition) is 0. The molecule has 0 aliphatic heterocycles. The first-order chi connectivity index (χ1) is 37.4. The van der Waals surface area contributed by atoms with Gasteiger partial charge in [0.2, 0.25) is 0 Å². The van der Waals surface area contributed by atoms with Crippen molar-refractivity contribution in [2.75, 3.05) is 4.90 Å². The number of anilines is 3. The minimum atomic E-state index is -0.233. The molecule has 13 aromatic carbocycles. The summed E-state index contributed by atoms with van der Waals surface area (Å²) in [5.74, 6) is 0. The van der Waals surface area contributed by atoms with E-state index in [4.69, 9.17) is 8.83 Å². The molecule has 15 aromatic rings. The average Bonchev–Trinajstić information content (AvgIpc) is 4.15. The first-order valence-corrected chi connectivity index (χ1v) is 26.3. The molecule has 0 spiro atoms. The van der Waals surface area contributed by atoms with Crippen LogP contribution in [-0.4, -0.2) is 0 Å². The molecule has 0 N–H and O–H groups in total. The van der Waals surface area contributed by atoms with Crippen LogP contribution in [0.25, 0.3) is 131 Å². The highest BCUT2D eigenvalue weighted by atomic mass is 16.3. The lowest BCUT2D eigenvalue weighted by molar-refractivity contribution is 0.660. The number of rotatable bonds is 6. The quantitative estimate of drug-likeness (QED) is 0.166. The summed E-state index contributed by atoms with van der Waals surface area (Å²) in [7, 11) is 0. The average molecular weight is 970 g/mol. The van der Waals surface area contributed by atoms with E-state index in [0.717, 1.165) is 83.2 Å². The Morgan fingerprint density at radius 2 is 0.697 bits per heavy atom. The molecule has 0 fully saturated rings. The van der Waals surface area contributed by atoms with Crippen molar-refractivity contribution in [1.29, 1.82) is 0 Å². The standard InChI is InChI=1S/C73H47NO2/c1-73(2)63-42-49(44-14-4-3-5-15-44)28-36-59(63)60-37-35-54(43-64(60)73)74(52-31-24-47(25-32-52)61-40-50-18-8-12-22-57(50)69-67-55-20-10-6-16-45(55)29-38-65(67)75-71(61)69)53-33-26-48(27-34-53)62-41-51-19-9-13-23-58(51)70-68-56-21-11-7-17-46(56)30-39-66(68)76-72(62)70/h3-43H,1-2H3. The number of fused-ring (bicyclic) bond motifs is 17. The molecule has 0 saturated heterocycles. The summed E-state index contributed by atoms with van der Waals surface area (Å²) in [5.41, 5.74) is 18.6. The van der Waals surface area contributed by atoms with Gasteiger partial charge in [-0.3, -0.25) is 0 Å². The summed E-state index contributed by atoms with van der Waals surface area (Å²) in [4.78, 5) is 2.41. The van der Waals surface area contributed by atoms with Gasteiger partial charge in [-0.2, -0.15) is 0 Å². The topological polar surface area (TPSA) is 29.5 Å². The smallest absolute Gasteiger partial charge is 0.143 e. The molecular weight excluding hydrogens is 923 g/mol. The van der Waals surface area contributed by atoms with Gasteiger partial charge in [-0.15, -0.1) is 0 Å². The van der Waals surface area contributed by atoms with E-state index in [1.807, 2.05) is 0 Å². The van der Waals surface area contributed by atoms with Crippen LogP contribution < -0.4 is 4.90 Å². The summed E-state index contributed by atoms with van der Waals surface area (Å²) in [6.45, 7) is 4.75. The summed E-state index contributed by atoms with van der Waals surface area (Å²) in [6, 6.07) is 90.8. The van der Waals surface area contributed by atoms with Crippen molar-refractivity contribution < 1.29 is 8.83 Å². The molecule has 0 unspecified atom stereocenters. The van der Waals surface area contributed by atoms with Crippen molar-refractivity contribution in [2.45, 2.75) is 19.3 Å². The Bertz CT molecular complexity index is 4650. The zero-order valence-corrected chi connectivity index (χ0v) is 41.9. The predicted molar refractivity (Wildman–Crippen MR) is 320 cm³/mol. The highest BCUT2D eigenvalue weighted by Gasteiger charge is 2.36. The van der Waals surface area contributed by atoms with Crippen LogP contribution in [0.4, 0.5) is 17.1 Å². The molecule has 3 heteroatoms. The van der Waals surface area contributed by atoms with E-state index in [-0.39, 0.29) is 5.41 Å². The van der Waals surface area contributed by atoms with E-state index < -0.39 is 0 Å². The Kier molecular flexibility index (Phi) is 9.09. The summed E-state index contributed by atoms with van der Waals surface area (Å²) >= 11 is 0. The molecule has 0 bridgehead atoms. The third kappa shape index (κ3) is 6.30. The maximum absolute atomic E-state index is 6.91. The molecule has 2 aromatic heterocycles. The summed E-state index contributed by atoms with van der Waals surface area (Å²) in [6.07, 6.45) is 0. The highest BCUT2D eigenvalue weighted by molar-refractivity contribution is 6.30. The second kappa shape index (κ2) is 16.1. The van der Waals surface area contributed by atoms with E-state index in [0.29, 0.717) is 0 Å². The van der Waals surface area contributed by atoms with Crippen molar-refractivity contribution in [3.8, 4) is 44.5 Å². The monoisotopic (exact) mass is 969 g/mol. The fourth-order valence-corrected chi connectivity index (χ4v) is 12.9. The normalized spacial score (nSPS) is 13.0. The molecule has 1 aliphatic rings. The number of furan rings is 2.